The highest BCUT2D eigenvalue weighted by molar-refractivity contribution is 7.89. The van der Waals surface area contributed by atoms with Gasteiger partial charge in [-0.05, 0) is 30.3 Å². The van der Waals surface area contributed by atoms with E-state index in [9.17, 15) is 18.5 Å². The standard InChI is InChI=1S/C20H26N4O5S/c1-22-9-11-23(12-10-22)15-17-5-3-16(4-6-17)14-21-30(27,28)18-7-8-20(29-2)19(13-18)24(25)26/h3-8,13,21H,9-12,14-15H2,1-2H3. The number of piperazine rings is 1. The van der Waals surface area contributed by atoms with Gasteiger partial charge in [-0.25, -0.2) is 13.1 Å². The van der Waals surface area contributed by atoms with Crippen LogP contribution in [0.5, 0.6) is 5.75 Å². The Morgan fingerprint density at radius 3 is 2.30 bits per heavy atom. The normalized spacial score (nSPS) is 15.8. The summed E-state index contributed by atoms with van der Waals surface area (Å²) in [5.74, 6) is 0.00916. The molecule has 0 atom stereocenters. The summed E-state index contributed by atoms with van der Waals surface area (Å²) in [6.45, 7) is 5.15. The molecule has 162 valence electrons. The van der Waals surface area contributed by atoms with E-state index in [4.69, 9.17) is 4.74 Å². The van der Waals surface area contributed by atoms with Gasteiger partial charge in [0.15, 0.2) is 5.75 Å². The Balaban J connectivity index is 1.62. The lowest BCUT2D eigenvalue weighted by Gasteiger charge is -2.32. The highest BCUT2D eigenvalue weighted by atomic mass is 32.2. The Bertz CT molecular complexity index is 987. The number of rotatable bonds is 8. The number of methoxy groups -OCH3 is 1. The summed E-state index contributed by atoms with van der Waals surface area (Å²) in [5, 5.41) is 11.1. The number of likely N-dealkylation sites (N-methyl/N-ethyl adjacent to an activating group) is 1. The number of benzene rings is 2. The maximum Gasteiger partial charge on any atom is 0.312 e. The quantitative estimate of drug-likeness (QED) is 0.499. The van der Waals surface area contributed by atoms with Gasteiger partial charge >= 0.3 is 5.69 Å². The molecule has 1 saturated heterocycles. The summed E-state index contributed by atoms with van der Waals surface area (Å²) < 4.78 is 32.5. The Hall–Kier alpha value is -2.53. The largest absolute Gasteiger partial charge is 0.490 e. The highest BCUT2D eigenvalue weighted by Crippen LogP contribution is 2.29. The first-order chi connectivity index (χ1) is 14.3. The second-order valence-corrected chi connectivity index (χ2v) is 9.08. The predicted molar refractivity (Wildman–Crippen MR) is 113 cm³/mol. The Labute approximate surface area is 176 Å². The molecule has 1 aliphatic rings. The number of nitrogens with one attached hydrogen (secondary N) is 1. The topological polar surface area (TPSA) is 105 Å². The Morgan fingerprint density at radius 1 is 1.07 bits per heavy atom. The second-order valence-electron chi connectivity index (χ2n) is 7.31. The van der Waals surface area contributed by atoms with Crippen molar-refractivity contribution in [2.24, 2.45) is 0 Å². The molecular weight excluding hydrogens is 408 g/mol. The molecule has 2 aromatic rings. The molecule has 1 fully saturated rings. The maximum atomic E-state index is 12.6. The van der Waals surface area contributed by atoms with E-state index in [1.165, 1.54) is 24.8 Å². The van der Waals surface area contributed by atoms with Crippen LogP contribution in [-0.4, -0.2) is 63.5 Å². The van der Waals surface area contributed by atoms with Crippen LogP contribution in [0.25, 0.3) is 0 Å². The molecule has 0 unspecified atom stereocenters. The zero-order chi connectivity index (χ0) is 21.7. The van der Waals surface area contributed by atoms with E-state index in [0.717, 1.165) is 44.4 Å². The van der Waals surface area contributed by atoms with Gasteiger partial charge < -0.3 is 9.64 Å². The van der Waals surface area contributed by atoms with Gasteiger partial charge in [0.05, 0.1) is 16.9 Å². The Kier molecular flexibility index (Phi) is 7.03. The fourth-order valence-corrected chi connectivity index (χ4v) is 4.31. The molecule has 9 nitrogen and oxygen atoms in total. The molecule has 3 rings (SSSR count). The molecule has 0 amide bonds. The fraction of sp³-hybridized carbons (Fsp3) is 0.400. The van der Waals surface area contributed by atoms with Gasteiger partial charge in [0.2, 0.25) is 10.0 Å². The van der Waals surface area contributed by atoms with Gasteiger partial charge in [0, 0.05) is 45.3 Å². The van der Waals surface area contributed by atoms with E-state index in [2.05, 4.69) is 21.6 Å². The number of hydrogen-bond donors (Lipinski definition) is 1. The number of nitro groups is 1. The minimum Gasteiger partial charge on any atom is -0.490 e. The number of nitro benzene ring substituents is 1. The smallest absolute Gasteiger partial charge is 0.312 e. The van der Waals surface area contributed by atoms with Crippen molar-refractivity contribution in [1.82, 2.24) is 14.5 Å². The van der Waals surface area contributed by atoms with Gasteiger partial charge in [0.1, 0.15) is 0 Å². The van der Waals surface area contributed by atoms with Crippen LogP contribution >= 0.6 is 0 Å². The molecule has 1 heterocycles. The molecular formula is C20H26N4O5S. The number of ether oxygens (including phenoxy) is 1. The molecule has 10 heteroatoms. The number of nitrogens with zero attached hydrogens (tertiary/aromatic N) is 3. The fourth-order valence-electron chi connectivity index (χ4n) is 3.27. The van der Waals surface area contributed by atoms with Crippen molar-refractivity contribution in [3.05, 3.63) is 63.7 Å². The van der Waals surface area contributed by atoms with E-state index in [0.29, 0.717) is 0 Å². The van der Waals surface area contributed by atoms with E-state index in [1.54, 1.807) is 0 Å². The van der Waals surface area contributed by atoms with Gasteiger partial charge in [-0.3, -0.25) is 15.0 Å². The summed E-state index contributed by atoms with van der Waals surface area (Å²) in [6, 6.07) is 11.3. The zero-order valence-corrected chi connectivity index (χ0v) is 17.9. The van der Waals surface area contributed by atoms with Crippen molar-refractivity contribution in [3.8, 4) is 5.75 Å². The minimum atomic E-state index is -3.90. The first kappa shape index (κ1) is 22.2. The van der Waals surface area contributed by atoms with Crippen LogP contribution in [-0.2, 0) is 23.1 Å². The number of sulfonamides is 1. The van der Waals surface area contributed by atoms with Gasteiger partial charge in [-0.1, -0.05) is 24.3 Å². The summed E-state index contributed by atoms with van der Waals surface area (Å²) >= 11 is 0. The van der Waals surface area contributed by atoms with Crippen LogP contribution in [0.15, 0.2) is 47.4 Å². The van der Waals surface area contributed by atoms with Crippen LogP contribution in [0.2, 0.25) is 0 Å². The summed E-state index contributed by atoms with van der Waals surface area (Å²) in [5.41, 5.74) is 1.59. The molecule has 0 saturated carbocycles. The van der Waals surface area contributed by atoms with Gasteiger partial charge in [0.25, 0.3) is 0 Å². The zero-order valence-electron chi connectivity index (χ0n) is 17.1. The predicted octanol–water partition coefficient (Wildman–Crippen LogP) is 1.83. The molecule has 0 bridgehead atoms. The van der Waals surface area contributed by atoms with E-state index < -0.39 is 20.6 Å². The van der Waals surface area contributed by atoms with Crippen molar-refractivity contribution in [3.63, 3.8) is 0 Å². The molecule has 0 aromatic heterocycles. The average Bonchev–Trinajstić information content (AvgIpc) is 2.74. The van der Waals surface area contributed by atoms with Gasteiger partial charge in [-0.15, -0.1) is 0 Å². The van der Waals surface area contributed by atoms with Crippen LogP contribution in [0.3, 0.4) is 0 Å². The van der Waals surface area contributed by atoms with Crippen molar-refractivity contribution in [2.45, 2.75) is 18.0 Å². The van der Waals surface area contributed by atoms with Crippen molar-refractivity contribution in [1.29, 1.82) is 0 Å². The lowest BCUT2D eigenvalue weighted by Crippen LogP contribution is -2.43. The number of hydrogen-bond acceptors (Lipinski definition) is 7. The molecule has 0 radical (unpaired) electrons. The minimum absolute atomic E-state index is 0.00916. The summed E-state index contributed by atoms with van der Waals surface area (Å²) in [7, 11) is -0.484. The first-order valence-electron chi connectivity index (χ1n) is 9.59. The van der Waals surface area contributed by atoms with Crippen LogP contribution in [0, 0.1) is 10.1 Å². The van der Waals surface area contributed by atoms with Crippen LogP contribution < -0.4 is 9.46 Å². The Morgan fingerprint density at radius 2 is 1.70 bits per heavy atom. The molecule has 0 aliphatic carbocycles. The van der Waals surface area contributed by atoms with Crippen molar-refractivity contribution < 1.29 is 18.1 Å². The third-order valence-electron chi connectivity index (χ3n) is 5.15. The average molecular weight is 435 g/mol. The molecule has 0 spiro atoms. The van der Waals surface area contributed by atoms with E-state index >= 15 is 0 Å². The summed E-state index contributed by atoms with van der Waals surface area (Å²) in [4.78, 5) is 15.0. The van der Waals surface area contributed by atoms with E-state index in [-0.39, 0.29) is 17.2 Å². The van der Waals surface area contributed by atoms with Crippen LogP contribution in [0.1, 0.15) is 11.1 Å². The van der Waals surface area contributed by atoms with E-state index in [1.807, 2.05) is 24.3 Å². The monoisotopic (exact) mass is 434 g/mol. The first-order valence-corrected chi connectivity index (χ1v) is 11.1. The molecule has 2 aromatic carbocycles. The molecule has 30 heavy (non-hydrogen) atoms. The second kappa shape index (κ2) is 9.52. The van der Waals surface area contributed by atoms with Crippen molar-refractivity contribution >= 4 is 15.7 Å². The molecule has 1 N–H and O–H groups in total. The van der Waals surface area contributed by atoms with Gasteiger partial charge in [-0.2, -0.15) is 0 Å². The lowest BCUT2D eigenvalue weighted by molar-refractivity contribution is -0.386. The lowest BCUT2D eigenvalue weighted by atomic mass is 10.1. The highest BCUT2D eigenvalue weighted by Gasteiger charge is 2.22. The maximum absolute atomic E-state index is 12.6. The SMILES string of the molecule is COc1ccc(S(=O)(=O)NCc2ccc(CN3CCN(C)CC3)cc2)cc1[N+](=O)[O-]. The third-order valence-corrected chi connectivity index (χ3v) is 6.55. The summed E-state index contributed by atoms with van der Waals surface area (Å²) in [6.07, 6.45) is 0. The van der Waals surface area contributed by atoms with Crippen molar-refractivity contribution in [2.75, 3.05) is 40.3 Å². The molecule has 1 aliphatic heterocycles. The third kappa shape index (κ3) is 5.54. The van der Waals surface area contributed by atoms with Crippen LogP contribution in [0.4, 0.5) is 5.69 Å².